The number of ether oxygens (including phenoxy) is 2. The number of hydrogen-bond donors (Lipinski definition) is 0. The van der Waals surface area contributed by atoms with E-state index in [9.17, 15) is 13.6 Å². The maximum Gasteiger partial charge on any atom is 0.410 e. The number of carbonyl (C=O) groups is 1. The first kappa shape index (κ1) is 19.4. The molecule has 1 aromatic carbocycles. The van der Waals surface area contributed by atoms with Gasteiger partial charge in [0.25, 0.3) is 0 Å². The molecular formula is C18H26F2N2O3. The number of carbonyl (C=O) groups excluding carboxylic acids is 1. The van der Waals surface area contributed by atoms with Crippen molar-refractivity contribution in [3.05, 3.63) is 29.8 Å². The van der Waals surface area contributed by atoms with Gasteiger partial charge in [-0.3, -0.25) is 4.90 Å². The van der Waals surface area contributed by atoms with Crippen molar-refractivity contribution in [3.8, 4) is 5.75 Å². The van der Waals surface area contributed by atoms with Crippen LogP contribution in [0.1, 0.15) is 32.8 Å². The van der Waals surface area contributed by atoms with E-state index in [2.05, 4.69) is 9.64 Å². The first-order valence-corrected chi connectivity index (χ1v) is 8.47. The average molecular weight is 356 g/mol. The van der Waals surface area contributed by atoms with Gasteiger partial charge in [0, 0.05) is 38.3 Å². The fourth-order valence-electron chi connectivity index (χ4n) is 2.72. The second-order valence-electron chi connectivity index (χ2n) is 7.08. The predicted octanol–water partition coefficient (Wildman–Crippen LogP) is 3.73. The van der Waals surface area contributed by atoms with E-state index < -0.39 is 12.2 Å². The summed E-state index contributed by atoms with van der Waals surface area (Å²) >= 11 is 0. The van der Waals surface area contributed by atoms with Gasteiger partial charge in [0.2, 0.25) is 0 Å². The Balaban J connectivity index is 1.95. The van der Waals surface area contributed by atoms with Crippen LogP contribution in [0.5, 0.6) is 5.75 Å². The van der Waals surface area contributed by atoms with Crippen molar-refractivity contribution in [1.82, 2.24) is 9.80 Å². The minimum atomic E-state index is -2.84. The van der Waals surface area contributed by atoms with Gasteiger partial charge in [-0.25, -0.2) is 4.79 Å². The highest BCUT2D eigenvalue weighted by Crippen LogP contribution is 2.22. The van der Waals surface area contributed by atoms with Crippen LogP contribution in [0, 0.1) is 0 Å². The Kier molecular flexibility index (Phi) is 6.58. The SMILES string of the molecule is CC(C)(C)OC(=O)N1CCCN(Cc2ccccc2OC(F)F)CC1. The summed E-state index contributed by atoms with van der Waals surface area (Å²) < 4.78 is 35.1. The summed E-state index contributed by atoms with van der Waals surface area (Å²) in [6.07, 6.45) is 0.493. The van der Waals surface area contributed by atoms with Crippen LogP contribution >= 0.6 is 0 Å². The number of benzene rings is 1. The number of alkyl halides is 2. The molecule has 1 saturated heterocycles. The number of hydrogen-bond acceptors (Lipinski definition) is 4. The van der Waals surface area contributed by atoms with Crippen molar-refractivity contribution in [2.75, 3.05) is 26.2 Å². The van der Waals surface area contributed by atoms with Crippen molar-refractivity contribution < 1.29 is 23.0 Å². The first-order chi connectivity index (χ1) is 11.7. The lowest BCUT2D eigenvalue weighted by atomic mass is 10.2. The van der Waals surface area contributed by atoms with Crippen LogP contribution in [0.3, 0.4) is 0 Å². The molecule has 0 radical (unpaired) electrons. The van der Waals surface area contributed by atoms with Gasteiger partial charge in [-0.1, -0.05) is 18.2 Å². The molecule has 0 aromatic heterocycles. The molecule has 2 rings (SSSR count). The van der Waals surface area contributed by atoms with Crippen LogP contribution in [0.25, 0.3) is 0 Å². The maximum absolute atomic E-state index is 12.5. The maximum atomic E-state index is 12.5. The fraction of sp³-hybridized carbons (Fsp3) is 0.611. The summed E-state index contributed by atoms with van der Waals surface area (Å²) in [4.78, 5) is 16.0. The molecule has 0 N–H and O–H groups in total. The number of nitrogens with zero attached hydrogens (tertiary/aromatic N) is 2. The molecule has 0 aliphatic carbocycles. The van der Waals surface area contributed by atoms with Gasteiger partial charge in [0.1, 0.15) is 11.4 Å². The summed E-state index contributed by atoms with van der Waals surface area (Å²) in [6.45, 7) is 5.80. The predicted molar refractivity (Wildman–Crippen MR) is 90.8 cm³/mol. The highest BCUT2D eigenvalue weighted by molar-refractivity contribution is 5.68. The number of para-hydroxylation sites is 1. The van der Waals surface area contributed by atoms with E-state index in [4.69, 9.17) is 4.74 Å². The Morgan fingerprint density at radius 3 is 2.56 bits per heavy atom. The van der Waals surface area contributed by atoms with E-state index in [0.717, 1.165) is 13.0 Å². The van der Waals surface area contributed by atoms with Gasteiger partial charge in [-0.05, 0) is 33.3 Å². The van der Waals surface area contributed by atoms with Gasteiger partial charge in [0.05, 0.1) is 0 Å². The van der Waals surface area contributed by atoms with Gasteiger partial charge in [0.15, 0.2) is 0 Å². The molecule has 1 fully saturated rings. The summed E-state index contributed by atoms with van der Waals surface area (Å²) in [6, 6.07) is 6.81. The summed E-state index contributed by atoms with van der Waals surface area (Å²) in [5, 5.41) is 0. The molecule has 0 atom stereocenters. The molecule has 140 valence electrons. The monoisotopic (exact) mass is 356 g/mol. The highest BCUT2D eigenvalue weighted by Gasteiger charge is 2.24. The smallest absolute Gasteiger partial charge is 0.410 e. The normalized spacial score (nSPS) is 16.6. The third-order valence-corrected chi connectivity index (χ3v) is 3.82. The van der Waals surface area contributed by atoms with Gasteiger partial charge in [-0.15, -0.1) is 0 Å². The quantitative estimate of drug-likeness (QED) is 0.824. The van der Waals surface area contributed by atoms with Crippen molar-refractivity contribution >= 4 is 6.09 Å². The molecule has 25 heavy (non-hydrogen) atoms. The lowest BCUT2D eigenvalue weighted by molar-refractivity contribution is -0.0507. The van der Waals surface area contributed by atoms with Gasteiger partial charge in [-0.2, -0.15) is 8.78 Å². The van der Waals surface area contributed by atoms with E-state index >= 15 is 0 Å². The van der Waals surface area contributed by atoms with Crippen LogP contribution in [0.4, 0.5) is 13.6 Å². The summed E-state index contributed by atoms with van der Waals surface area (Å²) in [7, 11) is 0. The Labute approximate surface area is 147 Å². The average Bonchev–Trinajstić information content (AvgIpc) is 2.73. The lowest BCUT2D eigenvalue weighted by Crippen LogP contribution is -2.39. The second-order valence-corrected chi connectivity index (χ2v) is 7.08. The largest absolute Gasteiger partial charge is 0.444 e. The molecule has 0 spiro atoms. The molecule has 0 saturated carbocycles. The third kappa shape index (κ3) is 6.49. The van der Waals surface area contributed by atoms with Crippen LogP contribution < -0.4 is 4.74 Å². The van der Waals surface area contributed by atoms with Crippen LogP contribution in [0.15, 0.2) is 24.3 Å². The van der Waals surface area contributed by atoms with E-state index in [1.165, 1.54) is 0 Å². The fourth-order valence-corrected chi connectivity index (χ4v) is 2.72. The molecule has 0 bridgehead atoms. The van der Waals surface area contributed by atoms with Crippen molar-refractivity contribution in [2.24, 2.45) is 0 Å². The Hall–Kier alpha value is -1.89. The lowest BCUT2D eigenvalue weighted by Gasteiger charge is -2.26. The van der Waals surface area contributed by atoms with Crippen molar-refractivity contribution in [1.29, 1.82) is 0 Å². The molecule has 5 nitrogen and oxygen atoms in total. The minimum Gasteiger partial charge on any atom is -0.444 e. The van der Waals surface area contributed by atoms with Gasteiger partial charge < -0.3 is 14.4 Å². The Morgan fingerprint density at radius 1 is 1.16 bits per heavy atom. The summed E-state index contributed by atoms with van der Waals surface area (Å²) in [5.74, 6) is 0.200. The van der Waals surface area contributed by atoms with Crippen LogP contribution in [0.2, 0.25) is 0 Å². The molecular weight excluding hydrogens is 330 g/mol. The molecule has 1 heterocycles. The van der Waals surface area contributed by atoms with Crippen molar-refractivity contribution in [2.45, 2.75) is 45.9 Å². The van der Waals surface area contributed by atoms with E-state index in [0.29, 0.717) is 31.7 Å². The molecule has 1 amide bonds. The molecule has 1 aliphatic heterocycles. The van der Waals surface area contributed by atoms with E-state index in [1.54, 1.807) is 29.2 Å². The number of halogens is 2. The Morgan fingerprint density at radius 2 is 1.88 bits per heavy atom. The molecule has 0 unspecified atom stereocenters. The first-order valence-electron chi connectivity index (χ1n) is 8.47. The molecule has 7 heteroatoms. The zero-order chi connectivity index (χ0) is 18.4. The highest BCUT2D eigenvalue weighted by atomic mass is 19.3. The zero-order valence-corrected chi connectivity index (χ0v) is 15.0. The number of rotatable bonds is 4. The van der Waals surface area contributed by atoms with Gasteiger partial charge >= 0.3 is 12.7 Å². The second kappa shape index (κ2) is 8.47. The Bertz CT molecular complexity index is 576. The third-order valence-electron chi connectivity index (χ3n) is 3.82. The van der Waals surface area contributed by atoms with E-state index in [1.807, 2.05) is 20.8 Å². The molecule has 1 aromatic rings. The standard InChI is InChI=1S/C18H26F2N2O3/c1-18(2,3)25-17(23)22-10-6-9-21(11-12-22)13-14-7-4-5-8-15(14)24-16(19)20/h4-5,7-8,16H,6,9-13H2,1-3H3. The van der Waals surface area contributed by atoms with Crippen LogP contribution in [-0.4, -0.2) is 54.3 Å². The topological polar surface area (TPSA) is 42.0 Å². The summed E-state index contributed by atoms with van der Waals surface area (Å²) in [5.41, 5.74) is 0.197. The van der Waals surface area contributed by atoms with Crippen molar-refractivity contribution in [3.63, 3.8) is 0 Å². The van der Waals surface area contributed by atoms with E-state index in [-0.39, 0.29) is 11.8 Å². The molecule has 1 aliphatic rings. The van der Waals surface area contributed by atoms with Crippen LogP contribution in [-0.2, 0) is 11.3 Å². The number of amides is 1. The zero-order valence-electron chi connectivity index (χ0n) is 15.0. The minimum absolute atomic E-state index is 0.200.